The van der Waals surface area contributed by atoms with Crippen LogP contribution < -0.4 is 5.73 Å². The third-order valence-corrected chi connectivity index (χ3v) is 3.28. The number of ether oxygens (including phenoxy) is 1. The molecular weight excluding hydrogens is 230 g/mol. The molecule has 0 aliphatic carbocycles. The van der Waals surface area contributed by atoms with E-state index < -0.39 is 17.8 Å². The lowest BCUT2D eigenvalue weighted by Gasteiger charge is -2.32. The highest BCUT2D eigenvalue weighted by molar-refractivity contribution is 7.98. The zero-order valence-corrected chi connectivity index (χ0v) is 9.79. The van der Waals surface area contributed by atoms with Gasteiger partial charge in [0.25, 0.3) is 0 Å². The van der Waals surface area contributed by atoms with Crippen molar-refractivity contribution in [2.75, 3.05) is 18.6 Å². The van der Waals surface area contributed by atoms with Crippen molar-refractivity contribution in [3.05, 3.63) is 0 Å². The molecule has 90 valence electrons. The maximum atomic E-state index is 11.8. The molecule has 0 aromatic heterocycles. The molecular formula is C8H15N5O2S. The topological polar surface area (TPSA) is 125 Å². The van der Waals surface area contributed by atoms with Crippen molar-refractivity contribution in [3.63, 3.8) is 0 Å². The van der Waals surface area contributed by atoms with Crippen molar-refractivity contribution < 1.29 is 9.53 Å². The largest absolute Gasteiger partial charge is 0.370 e. The summed E-state index contributed by atoms with van der Waals surface area (Å²) in [5, 5.41) is 6.53. The summed E-state index contributed by atoms with van der Waals surface area (Å²) in [4.78, 5) is 11.8. The van der Waals surface area contributed by atoms with Gasteiger partial charge in [-0.2, -0.15) is 22.0 Å². The molecule has 1 unspecified atom stereocenters. The number of nitrogens with one attached hydrogen (secondary N) is 2. The second-order valence-electron chi connectivity index (χ2n) is 3.56. The van der Waals surface area contributed by atoms with Gasteiger partial charge in [-0.05, 0) is 6.26 Å². The SMILES string of the molecule is CSCC(N=N)(N=N)[C@H](N)C(=O)C1CCO1. The van der Waals surface area contributed by atoms with Crippen molar-refractivity contribution in [2.24, 2.45) is 16.0 Å². The van der Waals surface area contributed by atoms with Gasteiger partial charge in [0.2, 0.25) is 5.66 Å². The van der Waals surface area contributed by atoms with Gasteiger partial charge < -0.3 is 10.5 Å². The van der Waals surface area contributed by atoms with E-state index in [1.54, 1.807) is 6.26 Å². The number of nitrogens with zero attached hydrogens (tertiary/aromatic N) is 2. The van der Waals surface area contributed by atoms with Crippen LogP contribution in [-0.2, 0) is 9.53 Å². The average Bonchev–Trinajstić information content (AvgIpc) is 2.22. The van der Waals surface area contributed by atoms with Gasteiger partial charge in [-0.25, -0.2) is 11.1 Å². The van der Waals surface area contributed by atoms with Gasteiger partial charge in [-0.1, -0.05) is 0 Å². The maximum Gasteiger partial charge on any atom is 0.221 e. The predicted octanol–water partition coefficient (Wildman–Crippen LogP) is 0.793. The predicted molar refractivity (Wildman–Crippen MR) is 58.7 cm³/mol. The van der Waals surface area contributed by atoms with E-state index in [1.165, 1.54) is 11.8 Å². The quantitative estimate of drug-likeness (QED) is 0.573. The molecule has 16 heavy (non-hydrogen) atoms. The Bertz CT molecular complexity index is 286. The second-order valence-corrected chi connectivity index (χ2v) is 4.43. The molecule has 0 radical (unpaired) electrons. The van der Waals surface area contributed by atoms with Crippen LogP contribution in [0.15, 0.2) is 10.2 Å². The number of nitrogens with two attached hydrogens (primary N) is 1. The Morgan fingerprint density at radius 2 is 2.25 bits per heavy atom. The first kappa shape index (κ1) is 13.2. The number of hydrogen-bond acceptors (Lipinski definition) is 8. The monoisotopic (exact) mass is 245 g/mol. The number of ketones is 1. The Hall–Kier alpha value is -0.860. The van der Waals surface area contributed by atoms with Crippen LogP contribution in [0.3, 0.4) is 0 Å². The minimum atomic E-state index is -1.48. The Kier molecular flexibility index (Phi) is 4.51. The van der Waals surface area contributed by atoms with Gasteiger partial charge in [0.1, 0.15) is 12.1 Å². The van der Waals surface area contributed by atoms with Crippen LogP contribution in [0, 0.1) is 11.1 Å². The van der Waals surface area contributed by atoms with Crippen molar-refractivity contribution in [1.29, 1.82) is 11.1 Å². The van der Waals surface area contributed by atoms with E-state index in [0.717, 1.165) is 0 Å². The van der Waals surface area contributed by atoms with E-state index in [9.17, 15) is 4.79 Å². The van der Waals surface area contributed by atoms with E-state index >= 15 is 0 Å². The summed E-state index contributed by atoms with van der Waals surface area (Å²) in [7, 11) is 0. The lowest BCUT2D eigenvalue weighted by molar-refractivity contribution is -0.145. The minimum absolute atomic E-state index is 0.236. The molecule has 0 bridgehead atoms. The van der Waals surface area contributed by atoms with E-state index in [4.69, 9.17) is 21.5 Å². The number of rotatable bonds is 7. The Morgan fingerprint density at radius 1 is 1.69 bits per heavy atom. The van der Waals surface area contributed by atoms with E-state index in [2.05, 4.69) is 10.2 Å². The molecule has 8 heteroatoms. The molecule has 0 amide bonds. The fraction of sp³-hybridized carbons (Fsp3) is 0.875. The molecule has 1 heterocycles. The molecule has 0 aromatic rings. The fourth-order valence-electron chi connectivity index (χ4n) is 1.42. The first-order valence-corrected chi connectivity index (χ1v) is 6.17. The third kappa shape index (κ3) is 2.28. The average molecular weight is 245 g/mol. The molecule has 2 atom stereocenters. The van der Waals surface area contributed by atoms with Crippen molar-refractivity contribution in [1.82, 2.24) is 0 Å². The summed E-state index contributed by atoms with van der Waals surface area (Å²) in [6.45, 7) is 0.550. The van der Waals surface area contributed by atoms with Crippen LogP contribution >= 0.6 is 11.8 Å². The van der Waals surface area contributed by atoms with Crippen LogP contribution in [0.1, 0.15) is 6.42 Å². The molecule has 0 saturated carbocycles. The molecule has 0 aromatic carbocycles. The van der Waals surface area contributed by atoms with Crippen LogP contribution in [0.5, 0.6) is 0 Å². The molecule has 1 fully saturated rings. The summed E-state index contributed by atoms with van der Waals surface area (Å²) in [6.07, 6.45) is 1.90. The normalized spacial score (nSPS) is 25.0. The summed E-state index contributed by atoms with van der Waals surface area (Å²) >= 11 is 1.34. The summed E-state index contributed by atoms with van der Waals surface area (Å²) in [5.41, 5.74) is 18.4. The zero-order valence-electron chi connectivity index (χ0n) is 8.97. The van der Waals surface area contributed by atoms with Crippen LogP contribution in [-0.4, -0.2) is 42.2 Å². The summed E-state index contributed by atoms with van der Waals surface area (Å²) < 4.78 is 5.03. The van der Waals surface area contributed by atoms with E-state index in [0.29, 0.717) is 13.0 Å². The Labute approximate surface area is 97.5 Å². The summed E-state index contributed by atoms with van der Waals surface area (Å²) in [5.74, 6) is -0.0908. The highest BCUT2D eigenvalue weighted by Gasteiger charge is 2.45. The van der Waals surface area contributed by atoms with Crippen LogP contribution in [0.2, 0.25) is 0 Å². The summed E-state index contributed by atoms with van der Waals surface area (Å²) in [6, 6.07) is -1.08. The van der Waals surface area contributed by atoms with Gasteiger partial charge in [-0.3, -0.25) is 4.79 Å². The van der Waals surface area contributed by atoms with Gasteiger partial charge in [-0.15, -0.1) is 0 Å². The van der Waals surface area contributed by atoms with E-state index in [1.807, 2.05) is 0 Å². The van der Waals surface area contributed by atoms with Crippen molar-refractivity contribution in [3.8, 4) is 0 Å². The molecule has 1 saturated heterocycles. The third-order valence-electron chi connectivity index (χ3n) is 2.57. The number of Topliss-reactive ketones (excluding diaryl/α,β-unsaturated/α-hetero) is 1. The first-order valence-electron chi connectivity index (χ1n) is 4.78. The van der Waals surface area contributed by atoms with Crippen LogP contribution in [0.4, 0.5) is 0 Å². The van der Waals surface area contributed by atoms with Gasteiger partial charge in [0.05, 0.1) is 6.61 Å². The molecule has 4 N–H and O–H groups in total. The second kappa shape index (κ2) is 5.46. The lowest BCUT2D eigenvalue weighted by Crippen LogP contribution is -2.57. The molecule has 1 aliphatic heterocycles. The van der Waals surface area contributed by atoms with Gasteiger partial charge in [0, 0.05) is 12.2 Å². The van der Waals surface area contributed by atoms with E-state index in [-0.39, 0.29) is 11.5 Å². The Balaban J connectivity index is 2.79. The highest BCUT2D eigenvalue weighted by atomic mass is 32.2. The lowest BCUT2D eigenvalue weighted by atomic mass is 9.94. The highest BCUT2D eigenvalue weighted by Crippen LogP contribution is 2.25. The van der Waals surface area contributed by atoms with Crippen molar-refractivity contribution >= 4 is 17.5 Å². The molecule has 1 rings (SSSR count). The molecule has 1 aliphatic rings. The minimum Gasteiger partial charge on any atom is -0.370 e. The number of thioether (sulfide) groups is 1. The molecule has 0 spiro atoms. The number of hydrogen-bond donors (Lipinski definition) is 3. The van der Waals surface area contributed by atoms with Gasteiger partial charge >= 0.3 is 0 Å². The van der Waals surface area contributed by atoms with Crippen LogP contribution in [0.25, 0.3) is 0 Å². The molecule has 7 nitrogen and oxygen atoms in total. The zero-order chi connectivity index (χ0) is 12.2. The van der Waals surface area contributed by atoms with Crippen molar-refractivity contribution in [2.45, 2.75) is 24.2 Å². The first-order chi connectivity index (χ1) is 7.61. The standard InChI is InChI=1S/C8H15N5O2S/c1-16-4-8(12-10,13-11)7(9)6(14)5-2-3-15-5/h5,7,10-11H,2-4,9H2,1H3/t5?,7-,8?/m1/s1. The smallest absolute Gasteiger partial charge is 0.221 e. The Morgan fingerprint density at radius 3 is 2.56 bits per heavy atom. The maximum absolute atomic E-state index is 11.8. The number of carbonyl (C=O) groups excluding carboxylic acids is 1. The fourth-order valence-corrected chi connectivity index (χ4v) is 2.15. The number of carbonyl (C=O) groups is 1. The van der Waals surface area contributed by atoms with Gasteiger partial charge in [0.15, 0.2) is 5.78 Å².